The molecule has 0 unspecified atom stereocenters. The molecular formula is C16H19N5O. The first kappa shape index (κ1) is 13.3. The fraction of sp³-hybridized carbons (Fsp3) is 0.375. The van der Waals surface area contributed by atoms with Crippen LogP contribution in [0.15, 0.2) is 28.7 Å². The van der Waals surface area contributed by atoms with Crippen molar-refractivity contribution < 1.29 is 4.42 Å². The van der Waals surface area contributed by atoms with E-state index in [0.29, 0.717) is 12.0 Å². The van der Waals surface area contributed by atoms with Gasteiger partial charge < -0.3 is 20.0 Å². The molecule has 0 spiro atoms. The van der Waals surface area contributed by atoms with Gasteiger partial charge in [-0.3, -0.25) is 0 Å². The van der Waals surface area contributed by atoms with Crippen molar-refractivity contribution in [3.8, 4) is 0 Å². The maximum Gasteiger partial charge on any atom is 0.222 e. The third-order valence-electron chi connectivity index (χ3n) is 4.41. The number of anilines is 2. The largest absolute Gasteiger partial charge is 0.450 e. The first-order valence-corrected chi connectivity index (χ1v) is 7.49. The van der Waals surface area contributed by atoms with Gasteiger partial charge in [-0.1, -0.05) is 12.1 Å². The number of rotatable bonds is 2. The standard InChI is InChI=1S/C16H19N5O/c1-20(2)10-7-8-21(9-10)15-14-13(18-16(17)19-15)11-5-3-4-6-12(11)22-14/h3-6,10H,7-9H2,1-2H3,(H2,17,18,19)/t10-/m1/s1. The van der Waals surface area contributed by atoms with Crippen molar-refractivity contribution in [1.82, 2.24) is 14.9 Å². The van der Waals surface area contributed by atoms with E-state index in [1.54, 1.807) is 0 Å². The molecule has 0 aliphatic carbocycles. The van der Waals surface area contributed by atoms with E-state index in [2.05, 4.69) is 33.9 Å². The van der Waals surface area contributed by atoms with Crippen LogP contribution in [0.2, 0.25) is 0 Å². The van der Waals surface area contributed by atoms with E-state index in [1.165, 1.54) is 0 Å². The van der Waals surface area contributed by atoms with Gasteiger partial charge >= 0.3 is 0 Å². The van der Waals surface area contributed by atoms with Gasteiger partial charge in [0.15, 0.2) is 11.4 Å². The quantitative estimate of drug-likeness (QED) is 0.781. The topological polar surface area (TPSA) is 71.4 Å². The average molecular weight is 297 g/mol. The Morgan fingerprint density at radius 1 is 1.27 bits per heavy atom. The lowest BCUT2D eigenvalue weighted by atomic mass is 10.2. The molecule has 3 aromatic rings. The number of furan rings is 1. The highest BCUT2D eigenvalue weighted by molar-refractivity contribution is 6.06. The van der Waals surface area contributed by atoms with E-state index >= 15 is 0 Å². The number of nitrogens with zero attached hydrogens (tertiary/aromatic N) is 4. The predicted octanol–water partition coefficient (Wildman–Crippen LogP) is 2.10. The number of likely N-dealkylation sites (N-methyl/N-ethyl adjacent to an activating group) is 1. The van der Waals surface area contributed by atoms with Gasteiger partial charge in [0.25, 0.3) is 0 Å². The molecule has 1 atom stereocenters. The fourth-order valence-corrected chi connectivity index (χ4v) is 3.16. The first-order valence-electron chi connectivity index (χ1n) is 7.49. The number of hydrogen-bond acceptors (Lipinski definition) is 6. The van der Waals surface area contributed by atoms with Gasteiger partial charge in [-0.05, 0) is 32.6 Å². The number of aromatic nitrogens is 2. The van der Waals surface area contributed by atoms with Crippen molar-refractivity contribution >= 4 is 33.8 Å². The average Bonchev–Trinajstić information content (AvgIpc) is 3.11. The van der Waals surface area contributed by atoms with Crippen LogP contribution in [0.25, 0.3) is 22.1 Å². The van der Waals surface area contributed by atoms with Gasteiger partial charge in [0.2, 0.25) is 5.95 Å². The van der Waals surface area contributed by atoms with Crippen LogP contribution in [0, 0.1) is 0 Å². The Balaban J connectivity index is 1.87. The summed E-state index contributed by atoms with van der Waals surface area (Å²) in [5, 5.41) is 0.983. The molecule has 0 radical (unpaired) electrons. The van der Waals surface area contributed by atoms with Crippen LogP contribution in [0.4, 0.5) is 11.8 Å². The molecule has 22 heavy (non-hydrogen) atoms. The van der Waals surface area contributed by atoms with E-state index in [1.807, 2.05) is 24.3 Å². The third kappa shape index (κ3) is 1.99. The maximum atomic E-state index is 6.01. The molecule has 2 N–H and O–H groups in total. The van der Waals surface area contributed by atoms with Crippen LogP contribution in [0.1, 0.15) is 6.42 Å². The first-order chi connectivity index (χ1) is 10.6. The zero-order valence-electron chi connectivity index (χ0n) is 12.8. The molecule has 1 aliphatic heterocycles. The number of nitrogens with two attached hydrogens (primary N) is 1. The van der Waals surface area contributed by atoms with Crippen molar-refractivity contribution in [1.29, 1.82) is 0 Å². The van der Waals surface area contributed by atoms with Crippen molar-refractivity contribution in [2.75, 3.05) is 37.8 Å². The Kier molecular flexibility index (Phi) is 2.94. The Labute approximate surface area is 128 Å². The lowest BCUT2D eigenvalue weighted by Crippen LogP contribution is -2.31. The Hall–Kier alpha value is -2.34. The van der Waals surface area contributed by atoms with Crippen LogP contribution in [0.3, 0.4) is 0 Å². The van der Waals surface area contributed by atoms with Gasteiger partial charge in [0.1, 0.15) is 11.1 Å². The second kappa shape index (κ2) is 4.84. The molecule has 1 aromatic carbocycles. The molecule has 2 aromatic heterocycles. The molecule has 6 heteroatoms. The maximum absolute atomic E-state index is 6.01. The summed E-state index contributed by atoms with van der Waals surface area (Å²) >= 11 is 0. The van der Waals surface area contributed by atoms with E-state index in [9.17, 15) is 0 Å². The number of hydrogen-bond donors (Lipinski definition) is 1. The summed E-state index contributed by atoms with van der Waals surface area (Å²) in [5.74, 6) is 1.10. The predicted molar refractivity (Wildman–Crippen MR) is 88.0 cm³/mol. The molecule has 3 heterocycles. The van der Waals surface area contributed by atoms with Gasteiger partial charge in [-0.15, -0.1) is 0 Å². The molecule has 4 rings (SSSR count). The van der Waals surface area contributed by atoms with Crippen molar-refractivity contribution in [2.24, 2.45) is 0 Å². The fourth-order valence-electron chi connectivity index (χ4n) is 3.16. The number of nitrogen functional groups attached to an aromatic ring is 1. The summed E-state index contributed by atoms with van der Waals surface area (Å²) < 4.78 is 6.01. The van der Waals surface area contributed by atoms with E-state index in [0.717, 1.165) is 47.4 Å². The van der Waals surface area contributed by atoms with Gasteiger partial charge in [-0.2, -0.15) is 4.98 Å². The number of fused-ring (bicyclic) bond motifs is 3. The SMILES string of the molecule is CN(C)[C@@H]1CCN(c2nc(N)nc3c2oc2ccccc23)C1. The van der Waals surface area contributed by atoms with E-state index < -0.39 is 0 Å². The van der Waals surface area contributed by atoms with Crippen LogP contribution in [-0.2, 0) is 0 Å². The highest BCUT2D eigenvalue weighted by Gasteiger charge is 2.28. The lowest BCUT2D eigenvalue weighted by Gasteiger charge is -2.21. The summed E-state index contributed by atoms with van der Waals surface area (Å²) in [6, 6.07) is 8.41. The molecule has 1 saturated heterocycles. The molecule has 0 saturated carbocycles. The summed E-state index contributed by atoms with van der Waals surface area (Å²) in [5.41, 5.74) is 8.29. The minimum Gasteiger partial charge on any atom is -0.450 e. The van der Waals surface area contributed by atoms with Gasteiger partial charge in [0, 0.05) is 24.5 Å². The number of benzene rings is 1. The summed E-state index contributed by atoms with van der Waals surface area (Å²) in [7, 11) is 4.22. The molecule has 0 amide bonds. The highest BCUT2D eigenvalue weighted by atomic mass is 16.3. The minimum atomic E-state index is 0.294. The van der Waals surface area contributed by atoms with Crippen molar-refractivity contribution in [2.45, 2.75) is 12.5 Å². The van der Waals surface area contributed by atoms with Crippen LogP contribution in [-0.4, -0.2) is 48.1 Å². The van der Waals surface area contributed by atoms with Crippen LogP contribution in [0.5, 0.6) is 0 Å². The number of para-hydroxylation sites is 1. The van der Waals surface area contributed by atoms with E-state index in [-0.39, 0.29) is 0 Å². The van der Waals surface area contributed by atoms with Crippen molar-refractivity contribution in [3.05, 3.63) is 24.3 Å². The molecule has 1 aliphatic rings. The Bertz CT molecular complexity index is 841. The Morgan fingerprint density at radius 2 is 2.09 bits per heavy atom. The van der Waals surface area contributed by atoms with Crippen molar-refractivity contribution in [3.63, 3.8) is 0 Å². The highest BCUT2D eigenvalue weighted by Crippen LogP contribution is 2.34. The van der Waals surface area contributed by atoms with Crippen LogP contribution < -0.4 is 10.6 Å². The molecular weight excluding hydrogens is 278 g/mol. The zero-order valence-corrected chi connectivity index (χ0v) is 12.8. The third-order valence-corrected chi connectivity index (χ3v) is 4.41. The molecule has 0 bridgehead atoms. The minimum absolute atomic E-state index is 0.294. The Morgan fingerprint density at radius 3 is 2.86 bits per heavy atom. The zero-order chi connectivity index (χ0) is 15.3. The van der Waals surface area contributed by atoms with Gasteiger partial charge in [0.05, 0.1) is 0 Å². The van der Waals surface area contributed by atoms with Gasteiger partial charge in [-0.25, -0.2) is 4.98 Å². The second-order valence-corrected chi connectivity index (χ2v) is 6.03. The normalized spacial score (nSPS) is 18.9. The monoisotopic (exact) mass is 297 g/mol. The lowest BCUT2D eigenvalue weighted by molar-refractivity contribution is 0.315. The summed E-state index contributed by atoms with van der Waals surface area (Å²) in [6.45, 7) is 1.88. The van der Waals surface area contributed by atoms with Crippen LogP contribution >= 0.6 is 0 Å². The summed E-state index contributed by atoms with van der Waals surface area (Å²) in [4.78, 5) is 13.3. The second-order valence-electron chi connectivity index (χ2n) is 6.03. The van der Waals surface area contributed by atoms with E-state index in [4.69, 9.17) is 10.2 Å². The molecule has 6 nitrogen and oxygen atoms in total. The molecule has 114 valence electrons. The molecule has 1 fully saturated rings. The summed E-state index contributed by atoms with van der Waals surface area (Å²) in [6.07, 6.45) is 1.11. The smallest absolute Gasteiger partial charge is 0.222 e.